The summed E-state index contributed by atoms with van der Waals surface area (Å²) in [6.45, 7) is 6.80. The van der Waals surface area contributed by atoms with Crippen LogP contribution in [-0.4, -0.2) is 13.8 Å². The van der Waals surface area contributed by atoms with Gasteiger partial charge < -0.3 is 0 Å². The Hall–Kier alpha value is -1.59. The largest absolute Gasteiger partial charge is 0.244 e. The number of nitrogens with zero attached hydrogens (tertiary/aromatic N) is 1. The third-order valence-corrected chi connectivity index (χ3v) is 4.00. The molecular formula is C18H23NSi. The van der Waals surface area contributed by atoms with E-state index in [4.69, 9.17) is 4.99 Å². The molecule has 1 aromatic carbocycles. The molecule has 1 aliphatic carbocycles. The SMILES string of the molecule is C[Si](C)(C)C#CC(=NC1=CCCCC1)c1ccccc1. The fourth-order valence-corrected chi connectivity index (χ4v) is 2.57. The van der Waals surface area contributed by atoms with Crippen LogP contribution < -0.4 is 0 Å². The zero-order valence-corrected chi connectivity index (χ0v) is 13.7. The highest BCUT2D eigenvalue weighted by molar-refractivity contribution is 6.84. The predicted octanol–water partition coefficient (Wildman–Crippen LogP) is 4.81. The fraction of sp³-hybridized carbons (Fsp3) is 0.389. The molecule has 0 N–H and O–H groups in total. The first-order valence-corrected chi connectivity index (χ1v) is 10.9. The van der Waals surface area contributed by atoms with E-state index in [0.717, 1.165) is 24.1 Å². The van der Waals surface area contributed by atoms with Crippen LogP contribution in [0.15, 0.2) is 47.1 Å². The Bertz CT molecular complexity index is 565. The summed E-state index contributed by atoms with van der Waals surface area (Å²) < 4.78 is 0. The van der Waals surface area contributed by atoms with Crippen LogP contribution in [0.1, 0.15) is 31.2 Å². The van der Waals surface area contributed by atoms with Gasteiger partial charge in [-0.3, -0.25) is 0 Å². The van der Waals surface area contributed by atoms with Gasteiger partial charge in [0.05, 0.1) is 0 Å². The van der Waals surface area contributed by atoms with Gasteiger partial charge in [0.25, 0.3) is 0 Å². The quantitative estimate of drug-likeness (QED) is 0.419. The Morgan fingerprint density at radius 1 is 1.10 bits per heavy atom. The second-order valence-electron chi connectivity index (χ2n) is 6.27. The van der Waals surface area contributed by atoms with Gasteiger partial charge in [0.15, 0.2) is 0 Å². The molecule has 0 unspecified atom stereocenters. The first-order chi connectivity index (χ1) is 9.54. The summed E-state index contributed by atoms with van der Waals surface area (Å²) in [5.41, 5.74) is 6.71. The van der Waals surface area contributed by atoms with Gasteiger partial charge in [-0.15, -0.1) is 5.54 Å². The van der Waals surface area contributed by atoms with Gasteiger partial charge in [-0.05, 0) is 25.7 Å². The van der Waals surface area contributed by atoms with Crippen LogP contribution in [0.25, 0.3) is 0 Å². The molecule has 0 fully saturated rings. The van der Waals surface area contributed by atoms with Crippen molar-refractivity contribution < 1.29 is 0 Å². The molecule has 0 saturated heterocycles. The molecule has 0 bridgehead atoms. The summed E-state index contributed by atoms with van der Waals surface area (Å²) >= 11 is 0. The lowest BCUT2D eigenvalue weighted by molar-refractivity contribution is 0.696. The first kappa shape index (κ1) is 14.8. The molecule has 0 aromatic heterocycles. The van der Waals surface area contributed by atoms with Gasteiger partial charge in [0, 0.05) is 11.3 Å². The van der Waals surface area contributed by atoms with Crippen molar-refractivity contribution in [1.82, 2.24) is 0 Å². The molecule has 2 heteroatoms. The summed E-state index contributed by atoms with van der Waals surface area (Å²) in [7, 11) is -1.38. The molecule has 2 rings (SSSR count). The predicted molar refractivity (Wildman–Crippen MR) is 90.7 cm³/mol. The Morgan fingerprint density at radius 2 is 1.85 bits per heavy atom. The Labute approximate surface area is 123 Å². The third kappa shape index (κ3) is 4.83. The molecule has 1 nitrogen and oxygen atoms in total. The molecule has 0 amide bonds. The van der Waals surface area contributed by atoms with Crippen molar-refractivity contribution in [2.24, 2.45) is 4.99 Å². The van der Waals surface area contributed by atoms with Crippen LogP contribution in [0.3, 0.4) is 0 Å². The van der Waals surface area contributed by atoms with Gasteiger partial charge in [-0.1, -0.05) is 62.0 Å². The minimum atomic E-state index is -1.38. The average Bonchev–Trinajstić information content (AvgIpc) is 2.44. The molecule has 104 valence electrons. The lowest BCUT2D eigenvalue weighted by Gasteiger charge is -2.10. The second-order valence-corrected chi connectivity index (χ2v) is 11.0. The van der Waals surface area contributed by atoms with Crippen molar-refractivity contribution in [1.29, 1.82) is 0 Å². The topological polar surface area (TPSA) is 12.4 Å². The van der Waals surface area contributed by atoms with E-state index >= 15 is 0 Å². The number of benzene rings is 1. The van der Waals surface area contributed by atoms with Gasteiger partial charge in [-0.25, -0.2) is 4.99 Å². The standard InChI is InChI=1S/C18H23NSi/c1-20(2,3)15-14-18(16-10-6-4-7-11-16)19-17-12-8-5-9-13-17/h4,6-7,10-12H,5,8-9,13H2,1-3H3. The highest BCUT2D eigenvalue weighted by atomic mass is 28.3. The minimum absolute atomic E-state index is 0.932. The van der Waals surface area contributed by atoms with E-state index in [1.54, 1.807) is 0 Å². The zero-order chi connectivity index (χ0) is 14.4. The number of rotatable bonds is 2. The Kier molecular flexibility index (Phi) is 4.98. The summed E-state index contributed by atoms with van der Waals surface area (Å²) in [5.74, 6) is 3.34. The Morgan fingerprint density at radius 3 is 2.45 bits per heavy atom. The van der Waals surface area contributed by atoms with Crippen LogP contribution in [0.4, 0.5) is 0 Å². The van der Waals surface area contributed by atoms with Crippen molar-refractivity contribution >= 4 is 13.8 Å². The number of hydrogen-bond acceptors (Lipinski definition) is 1. The maximum absolute atomic E-state index is 4.84. The van der Waals surface area contributed by atoms with Gasteiger partial charge >= 0.3 is 0 Å². The van der Waals surface area contributed by atoms with E-state index in [2.05, 4.69) is 61.4 Å². The van der Waals surface area contributed by atoms with Crippen molar-refractivity contribution in [2.75, 3.05) is 0 Å². The summed E-state index contributed by atoms with van der Waals surface area (Å²) in [6, 6.07) is 10.3. The molecule has 0 heterocycles. The number of allylic oxidation sites excluding steroid dienone is 2. The first-order valence-electron chi connectivity index (χ1n) is 7.41. The molecule has 1 aliphatic rings. The van der Waals surface area contributed by atoms with E-state index in [1.807, 2.05) is 6.07 Å². The Balaban J connectivity index is 2.36. The molecule has 0 spiro atoms. The summed E-state index contributed by atoms with van der Waals surface area (Å²) in [6.07, 6.45) is 7.05. The molecule has 0 radical (unpaired) electrons. The molecule has 20 heavy (non-hydrogen) atoms. The van der Waals surface area contributed by atoms with E-state index in [-0.39, 0.29) is 0 Å². The lowest BCUT2D eigenvalue weighted by atomic mass is 10.0. The van der Waals surface area contributed by atoms with Crippen LogP contribution >= 0.6 is 0 Å². The monoisotopic (exact) mass is 281 g/mol. The molecular weight excluding hydrogens is 258 g/mol. The van der Waals surface area contributed by atoms with Crippen LogP contribution in [0, 0.1) is 11.5 Å². The second kappa shape index (κ2) is 6.72. The van der Waals surface area contributed by atoms with Crippen LogP contribution in [0.2, 0.25) is 19.6 Å². The fourth-order valence-electron chi connectivity index (χ4n) is 2.07. The maximum Gasteiger partial charge on any atom is 0.129 e. The van der Waals surface area contributed by atoms with Crippen molar-refractivity contribution in [3.05, 3.63) is 47.7 Å². The van der Waals surface area contributed by atoms with Crippen LogP contribution in [0.5, 0.6) is 0 Å². The van der Waals surface area contributed by atoms with Crippen LogP contribution in [-0.2, 0) is 0 Å². The van der Waals surface area contributed by atoms with E-state index in [1.165, 1.54) is 18.5 Å². The van der Waals surface area contributed by atoms with E-state index < -0.39 is 8.07 Å². The summed E-state index contributed by atoms with van der Waals surface area (Å²) in [5, 5.41) is 0. The van der Waals surface area contributed by atoms with E-state index in [9.17, 15) is 0 Å². The normalized spacial score (nSPS) is 16.1. The maximum atomic E-state index is 4.84. The highest BCUT2D eigenvalue weighted by Gasteiger charge is 2.09. The van der Waals surface area contributed by atoms with Gasteiger partial charge in [0.1, 0.15) is 13.8 Å². The molecule has 0 atom stereocenters. The zero-order valence-electron chi connectivity index (χ0n) is 12.7. The molecule has 0 saturated carbocycles. The van der Waals surface area contributed by atoms with Crippen molar-refractivity contribution in [3.63, 3.8) is 0 Å². The number of hydrogen-bond donors (Lipinski definition) is 0. The molecule has 1 aromatic rings. The number of aliphatic imine (C=N–C) groups is 1. The van der Waals surface area contributed by atoms with Crippen molar-refractivity contribution in [2.45, 2.75) is 45.3 Å². The van der Waals surface area contributed by atoms with Crippen molar-refractivity contribution in [3.8, 4) is 11.5 Å². The summed E-state index contributed by atoms with van der Waals surface area (Å²) in [4.78, 5) is 4.84. The smallest absolute Gasteiger partial charge is 0.129 e. The average molecular weight is 281 g/mol. The minimum Gasteiger partial charge on any atom is -0.244 e. The third-order valence-electron chi connectivity index (χ3n) is 3.13. The lowest BCUT2D eigenvalue weighted by Crippen LogP contribution is -2.17. The van der Waals surface area contributed by atoms with Gasteiger partial charge in [-0.2, -0.15) is 0 Å². The highest BCUT2D eigenvalue weighted by Crippen LogP contribution is 2.19. The van der Waals surface area contributed by atoms with Gasteiger partial charge in [0.2, 0.25) is 0 Å². The molecule has 0 aliphatic heterocycles. The van der Waals surface area contributed by atoms with E-state index in [0.29, 0.717) is 0 Å².